The van der Waals surface area contributed by atoms with Gasteiger partial charge in [-0.1, -0.05) is 13.8 Å². The molecule has 23 heavy (non-hydrogen) atoms. The summed E-state index contributed by atoms with van der Waals surface area (Å²) in [4.78, 5) is 37.1. The lowest BCUT2D eigenvalue weighted by Gasteiger charge is -2.17. The van der Waals surface area contributed by atoms with Crippen LogP contribution in [0, 0.1) is 9.49 Å². The summed E-state index contributed by atoms with van der Waals surface area (Å²) >= 11 is 1.82. The molecule has 3 atom stereocenters. The Balaban J connectivity index is 2.01. The van der Waals surface area contributed by atoms with Crippen molar-refractivity contribution in [1.29, 1.82) is 0 Å². The molecule has 0 spiro atoms. The quantitative estimate of drug-likeness (QED) is 0.560. The third-order valence-corrected chi connectivity index (χ3v) is 4.30. The van der Waals surface area contributed by atoms with E-state index in [1.54, 1.807) is 0 Å². The predicted octanol–water partition coefficient (Wildman–Crippen LogP) is -0.0481. The highest BCUT2D eigenvalue weighted by molar-refractivity contribution is 14.1. The van der Waals surface area contributed by atoms with Crippen molar-refractivity contribution in [2.45, 2.75) is 45.1 Å². The normalized spacial score (nSPS) is 24.1. The van der Waals surface area contributed by atoms with E-state index in [4.69, 9.17) is 4.74 Å². The number of rotatable bonds is 5. The number of aromatic amines is 1. The van der Waals surface area contributed by atoms with E-state index < -0.39 is 29.7 Å². The number of carbonyl (C=O) groups excluding carboxylic acids is 1. The fraction of sp³-hybridized carbons (Fsp3) is 0.643. The standard InChI is InChI=1S/C14H20IN3O5/c1-7(2)3-11(20)16-5-10-9(19)4-12(23-10)18-6-8(15)13(21)17-14(18)22/h6-7,9-10,12,19H,3-5H2,1-2H3,(H,16,20)(H,17,21,22)/t9-,10+,12+/m0/s1. The Hall–Kier alpha value is -1.20. The van der Waals surface area contributed by atoms with Crippen LogP contribution < -0.4 is 16.6 Å². The molecule has 0 radical (unpaired) electrons. The lowest BCUT2D eigenvalue weighted by molar-refractivity contribution is -0.122. The maximum absolute atomic E-state index is 11.9. The number of aromatic nitrogens is 2. The molecule has 1 aromatic rings. The molecule has 1 aliphatic rings. The van der Waals surface area contributed by atoms with Gasteiger partial charge in [0.05, 0.1) is 9.67 Å². The molecule has 9 heteroatoms. The average Bonchev–Trinajstić information content (AvgIpc) is 2.81. The maximum Gasteiger partial charge on any atom is 0.330 e. The zero-order chi connectivity index (χ0) is 17.1. The number of nitrogens with one attached hydrogen (secondary N) is 2. The van der Waals surface area contributed by atoms with Gasteiger partial charge in [-0.2, -0.15) is 0 Å². The van der Waals surface area contributed by atoms with Crippen LogP contribution in [0.4, 0.5) is 0 Å². The van der Waals surface area contributed by atoms with Crippen LogP contribution in [0.2, 0.25) is 0 Å². The molecule has 1 aromatic heterocycles. The summed E-state index contributed by atoms with van der Waals surface area (Å²) in [5.74, 6) is 0.147. The first kappa shape index (κ1) is 18.1. The van der Waals surface area contributed by atoms with E-state index in [0.717, 1.165) is 0 Å². The minimum Gasteiger partial charge on any atom is -0.390 e. The molecular weight excluding hydrogens is 417 g/mol. The Bertz CT molecular complexity index is 684. The fourth-order valence-corrected chi connectivity index (χ4v) is 2.84. The van der Waals surface area contributed by atoms with Crippen molar-refractivity contribution in [3.63, 3.8) is 0 Å². The first-order valence-corrected chi connectivity index (χ1v) is 8.47. The molecular formula is C14H20IN3O5. The van der Waals surface area contributed by atoms with Crippen molar-refractivity contribution < 1.29 is 14.6 Å². The van der Waals surface area contributed by atoms with E-state index in [1.165, 1.54) is 10.8 Å². The van der Waals surface area contributed by atoms with Crippen molar-refractivity contribution in [2.75, 3.05) is 6.54 Å². The Morgan fingerprint density at radius 3 is 2.91 bits per heavy atom. The number of halogens is 1. The van der Waals surface area contributed by atoms with Gasteiger partial charge >= 0.3 is 5.69 Å². The van der Waals surface area contributed by atoms with Gasteiger partial charge < -0.3 is 15.2 Å². The minimum atomic E-state index is -0.796. The highest BCUT2D eigenvalue weighted by atomic mass is 127. The molecule has 1 aliphatic heterocycles. The summed E-state index contributed by atoms with van der Waals surface area (Å²) in [7, 11) is 0. The first-order valence-electron chi connectivity index (χ1n) is 7.39. The second kappa shape index (κ2) is 7.58. The third-order valence-electron chi connectivity index (χ3n) is 3.53. The molecule has 128 valence electrons. The zero-order valence-corrected chi connectivity index (χ0v) is 15.1. The molecule has 0 unspecified atom stereocenters. The summed E-state index contributed by atoms with van der Waals surface area (Å²) in [6.45, 7) is 4.07. The minimum absolute atomic E-state index is 0.102. The molecule has 1 saturated heterocycles. The molecule has 3 N–H and O–H groups in total. The van der Waals surface area contributed by atoms with Crippen LogP contribution in [0.15, 0.2) is 15.8 Å². The predicted molar refractivity (Wildman–Crippen MR) is 91.0 cm³/mol. The molecule has 2 heterocycles. The number of hydrogen-bond donors (Lipinski definition) is 3. The van der Waals surface area contributed by atoms with Gasteiger partial charge in [-0.15, -0.1) is 0 Å². The maximum atomic E-state index is 11.9. The molecule has 0 bridgehead atoms. The summed E-state index contributed by atoms with van der Waals surface area (Å²) in [6, 6.07) is 0. The van der Waals surface area contributed by atoms with E-state index in [-0.39, 0.29) is 24.8 Å². The average molecular weight is 437 g/mol. The second-order valence-electron chi connectivity index (χ2n) is 5.98. The van der Waals surface area contributed by atoms with Gasteiger partial charge in [-0.25, -0.2) is 4.79 Å². The monoisotopic (exact) mass is 437 g/mol. The van der Waals surface area contributed by atoms with Crippen LogP contribution in [-0.2, 0) is 9.53 Å². The van der Waals surface area contributed by atoms with Crippen molar-refractivity contribution in [1.82, 2.24) is 14.9 Å². The number of ether oxygens (including phenoxy) is 1. The Morgan fingerprint density at radius 2 is 2.26 bits per heavy atom. The highest BCUT2D eigenvalue weighted by Gasteiger charge is 2.35. The number of aliphatic hydroxyl groups excluding tert-OH is 1. The Kier molecular flexibility index (Phi) is 5.98. The number of H-pyrrole nitrogens is 1. The lowest BCUT2D eigenvalue weighted by atomic mass is 10.1. The summed E-state index contributed by atoms with van der Waals surface area (Å²) in [5.41, 5.74) is -1.04. The number of carbonyl (C=O) groups is 1. The van der Waals surface area contributed by atoms with Crippen molar-refractivity contribution in [3.05, 3.63) is 30.6 Å². The Morgan fingerprint density at radius 1 is 1.57 bits per heavy atom. The van der Waals surface area contributed by atoms with Gasteiger partial charge in [0.25, 0.3) is 5.56 Å². The molecule has 0 aromatic carbocycles. The summed E-state index contributed by atoms with van der Waals surface area (Å²) in [6.07, 6.45) is -0.0339. The molecule has 2 rings (SSSR count). The largest absolute Gasteiger partial charge is 0.390 e. The van der Waals surface area contributed by atoms with Crippen LogP contribution in [0.1, 0.15) is 32.9 Å². The molecule has 1 amide bonds. The Labute approximate surface area is 146 Å². The van der Waals surface area contributed by atoms with Crippen molar-refractivity contribution >= 4 is 28.5 Å². The SMILES string of the molecule is CC(C)CC(=O)NC[C@H]1O[C@@H](n2cc(I)c(=O)[nH]c2=O)C[C@@H]1O. The topological polar surface area (TPSA) is 113 Å². The number of amides is 1. The number of hydrogen-bond acceptors (Lipinski definition) is 5. The smallest absolute Gasteiger partial charge is 0.330 e. The van der Waals surface area contributed by atoms with Gasteiger partial charge in [-0.3, -0.25) is 19.1 Å². The van der Waals surface area contributed by atoms with Crippen LogP contribution in [0.5, 0.6) is 0 Å². The van der Waals surface area contributed by atoms with Crippen LogP contribution >= 0.6 is 22.6 Å². The zero-order valence-electron chi connectivity index (χ0n) is 12.9. The van der Waals surface area contributed by atoms with Crippen molar-refractivity contribution in [2.24, 2.45) is 5.92 Å². The van der Waals surface area contributed by atoms with Crippen LogP contribution in [-0.4, -0.2) is 39.3 Å². The summed E-state index contributed by atoms with van der Waals surface area (Å²) < 4.78 is 7.27. The fourth-order valence-electron chi connectivity index (χ4n) is 2.40. The van der Waals surface area contributed by atoms with Gasteiger partial charge in [0, 0.05) is 25.6 Å². The highest BCUT2D eigenvalue weighted by Crippen LogP contribution is 2.27. The second-order valence-corrected chi connectivity index (χ2v) is 7.14. The molecule has 0 saturated carbocycles. The number of aliphatic hydroxyl groups is 1. The van der Waals surface area contributed by atoms with Gasteiger partial charge in [0.1, 0.15) is 12.3 Å². The van der Waals surface area contributed by atoms with E-state index in [1.807, 2.05) is 36.4 Å². The van der Waals surface area contributed by atoms with E-state index in [9.17, 15) is 19.5 Å². The van der Waals surface area contributed by atoms with Gasteiger partial charge in [0.15, 0.2) is 0 Å². The summed E-state index contributed by atoms with van der Waals surface area (Å²) in [5, 5.41) is 12.8. The van der Waals surface area contributed by atoms with Gasteiger partial charge in [0.2, 0.25) is 5.91 Å². The lowest BCUT2D eigenvalue weighted by Crippen LogP contribution is -2.37. The molecule has 8 nitrogen and oxygen atoms in total. The molecule has 0 aliphatic carbocycles. The van der Waals surface area contributed by atoms with E-state index in [0.29, 0.717) is 9.99 Å². The van der Waals surface area contributed by atoms with E-state index >= 15 is 0 Å². The first-order chi connectivity index (χ1) is 10.8. The van der Waals surface area contributed by atoms with Crippen LogP contribution in [0.25, 0.3) is 0 Å². The van der Waals surface area contributed by atoms with E-state index in [2.05, 4.69) is 10.3 Å². The van der Waals surface area contributed by atoms with Crippen LogP contribution in [0.3, 0.4) is 0 Å². The van der Waals surface area contributed by atoms with Gasteiger partial charge in [-0.05, 0) is 28.5 Å². The third kappa shape index (κ3) is 4.64. The van der Waals surface area contributed by atoms with Crippen molar-refractivity contribution in [3.8, 4) is 0 Å². The molecule has 1 fully saturated rings. The number of nitrogens with zero attached hydrogens (tertiary/aromatic N) is 1.